The Balaban J connectivity index is 1.90. The van der Waals surface area contributed by atoms with E-state index in [0.717, 1.165) is 29.7 Å². The van der Waals surface area contributed by atoms with E-state index >= 15 is 0 Å². The van der Waals surface area contributed by atoms with E-state index < -0.39 is 0 Å². The number of fused-ring (bicyclic) bond motifs is 1. The standard InChI is InChI=1S/C14H27N/c1-4-7-10(2)14(15-3)13-11-8-5-6-9-12(11)13/h10-15H,4-9H2,1-3H3. The van der Waals surface area contributed by atoms with Crippen LogP contribution in [0.4, 0.5) is 0 Å². The van der Waals surface area contributed by atoms with Gasteiger partial charge in [-0.3, -0.25) is 0 Å². The molecule has 2 rings (SSSR count). The van der Waals surface area contributed by atoms with Crippen molar-refractivity contribution in [2.45, 2.75) is 58.4 Å². The number of nitrogens with one attached hydrogen (secondary N) is 1. The van der Waals surface area contributed by atoms with Crippen LogP contribution in [-0.2, 0) is 0 Å². The summed E-state index contributed by atoms with van der Waals surface area (Å²) in [5.74, 6) is 4.08. The highest BCUT2D eigenvalue weighted by Crippen LogP contribution is 2.58. The van der Waals surface area contributed by atoms with Gasteiger partial charge in [-0.1, -0.05) is 33.1 Å². The molecule has 1 heteroatoms. The van der Waals surface area contributed by atoms with Crippen LogP contribution in [0.15, 0.2) is 0 Å². The van der Waals surface area contributed by atoms with Crippen LogP contribution in [0.1, 0.15) is 52.4 Å². The Hall–Kier alpha value is -0.0400. The Morgan fingerprint density at radius 2 is 1.80 bits per heavy atom. The fourth-order valence-corrected chi connectivity index (χ4v) is 4.07. The second-order valence-corrected chi connectivity index (χ2v) is 5.77. The van der Waals surface area contributed by atoms with Crippen molar-refractivity contribution in [3.05, 3.63) is 0 Å². The average molecular weight is 209 g/mol. The van der Waals surface area contributed by atoms with Gasteiger partial charge in [0.05, 0.1) is 0 Å². The zero-order valence-electron chi connectivity index (χ0n) is 10.6. The van der Waals surface area contributed by atoms with Crippen molar-refractivity contribution in [2.75, 3.05) is 7.05 Å². The zero-order chi connectivity index (χ0) is 10.8. The van der Waals surface area contributed by atoms with Gasteiger partial charge in [-0.05, 0) is 50.0 Å². The fourth-order valence-electron chi connectivity index (χ4n) is 4.07. The molecule has 88 valence electrons. The van der Waals surface area contributed by atoms with Crippen molar-refractivity contribution in [1.29, 1.82) is 0 Å². The lowest BCUT2D eigenvalue weighted by molar-refractivity contribution is 0.321. The fraction of sp³-hybridized carbons (Fsp3) is 1.00. The molecule has 4 atom stereocenters. The van der Waals surface area contributed by atoms with Gasteiger partial charge < -0.3 is 5.32 Å². The first kappa shape index (κ1) is 11.4. The molecule has 0 aromatic rings. The van der Waals surface area contributed by atoms with Crippen molar-refractivity contribution in [3.63, 3.8) is 0 Å². The van der Waals surface area contributed by atoms with Crippen LogP contribution in [0.2, 0.25) is 0 Å². The van der Waals surface area contributed by atoms with Crippen molar-refractivity contribution in [2.24, 2.45) is 23.7 Å². The summed E-state index contributed by atoms with van der Waals surface area (Å²) >= 11 is 0. The molecule has 2 aliphatic rings. The Bertz CT molecular complexity index is 190. The van der Waals surface area contributed by atoms with Gasteiger partial charge >= 0.3 is 0 Å². The number of hydrogen-bond donors (Lipinski definition) is 1. The maximum Gasteiger partial charge on any atom is 0.0123 e. The van der Waals surface area contributed by atoms with E-state index in [2.05, 4.69) is 26.2 Å². The summed E-state index contributed by atoms with van der Waals surface area (Å²) in [5, 5.41) is 3.60. The quantitative estimate of drug-likeness (QED) is 0.731. The maximum absolute atomic E-state index is 3.60. The van der Waals surface area contributed by atoms with Gasteiger partial charge in [-0.15, -0.1) is 0 Å². The first-order chi connectivity index (χ1) is 7.29. The molecule has 0 spiro atoms. The first-order valence-corrected chi connectivity index (χ1v) is 6.96. The third-order valence-electron chi connectivity index (χ3n) is 4.83. The van der Waals surface area contributed by atoms with Gasteiger partial charge in [0.2, 0.25) is 0 Å². The molecule has 0 saturated heterocycles. The molecule has 2 aliphatic carbocycles. The highest BCUT2D eigenvalue weighted by molar-refractivity contribution is 5.05. The summed E-state index contributed by atoms with van der Waals surface area (Å²) in [4.78, 5) is 0. The second kappa shape index (κ2) is 4.86. The molecule has 1 nitrogen and oxygen atoms in total. The minimum absolute atomic E-state index is 0.804. The molecule has 0 bridgehead atoms. The summed E-state index contributed by atoms with van der Waals surface area (Å²) in [6.07, 6.45) is 8.76. The van der Waals surface area contributed by atoms with E-state index in [9.17, 15) is 0 Å². The van der Waals surface area contributed by atoms with Crippen LogP contribution < -0.4 is 5.32 Å². The Kier molecular flexibility index (Phi) is 3.71. The van der Waals surface area contributed by atoms with Crippen molar-refractivity contribution in [3.8, 4) is 0 Å². The summed E-state index contributed by atoms with van der Waals surface area (Å²) in [5.41, 5.74) is 0. The molecular formula is C14H27N. The predicted octanol–water partition coefficient (Wildman–Crippen LogP) is 3.45. The lowest BCUT2D eigenvalue weighted by Crippen LogP contribution is -2.35. The van der Waals surface area contributed by atoms with Crippen LogP contribution in [0, 0.1) is 23.7 Å². The minimum Gasteiger partial charge on any atom is -0.316 e. The molecule has 0 heterocycles. The zero-order valence-corrected chi connectivity index (χ0v) is 10.6. The summed E-state index contributed by atoms with van der Waals surface area (Å²) < 4.78 is 0. The molecule has 4 unspecified atom stereocenters. The monoisotopic (exact) mass is 209 g/mol. The smallest absolute Gasteiger partial charge is 0.0123 e. The van der Waals surface area contributed by atoms with E-state index in [1.54, 1.807) is 0 Å². The Morgan fingerprint density at radius 1 is 1.20 bits per heavy atom. The van der Waals surface area contributed by atoms with Crippen molar-refractivity contribution < 1.29 is 0 Å². The molecule has 0 aliphatic heterocycles. The van der Waals surface area contributed by atoms with E-state index in [0.29, 0.717) is 0 Å². The Labute approximate surface area is 95.0 Å². The molecule has 0 radical (unpaired) electrons. The number of hydrogen-bond acceptors (Lipinski definition) is 1. The molecule has 2 saturated carbocycles. The highest BCUT2D eigenvalue weighted by atomic mass is 14.9. The molecule has 15 heavy (non-hydrogen) atoms. The van der Waals surface area contributed by atoms with Gasteiger partial charge in [-0.2, -0.15) is 0 Å². The van der Waals surface area contributed by atoms with Gasteiger partial charge in [0, 0.05) is 6.04 Å². The van der Waals surface area contributed by atoms with E-state index in [1.807, 2.05) is 0 Å². The average Bonchev–Trinajstić information content (AvgIpc) is 2.95. The largest absolute Gasteiger partial charge is 0.316 e. The van der Waals surface area contributed by atoms with Crippen molar-refractivity contribution >= 4 is 0 Å². The lowest BCUT2D eigenvalue weighted by Gasteiger charge is -2.24. The van der Waals surface area contributed by atoms with Crippen LogP contribution in [0.3, 0.4) is 0 Å². The molecule has 0 aromatic heterocycles. The van der Waals surface area contributed by atoms with Gasteiger partial charge in [0.15, 0.2) is 0 Å². The Morgan fingerprint density at radius 3 is 2.27 bits per heavy atom. The van der Waals surface area contributed by atoms with Crippen LogP contribution in [0.25, 0.3) is 0 Å². The summed E-state index contributed by atoms with van der Waals surface area (Å²) in [7, 11) is 2.17. The van der Waals surface area contributed by atoms with E-state index in [-0.39, 0.29) is 0 Å². The minimum atomic E-state index is 0.804. The summed E-state index contributed by atoms with van der Waals surface area (Å²) in [6.45, 7) is 4.75. The predicted molar refractivity (Wildman–Crippen MR) is 65.9 cm³/mol. The third-order valence-corrected chi connectivity index (χ3v) is 4.83. The maximum atomic E-state index is 3.60. The number of rotatable bonds is 5. The normalized spacial score (nSPS) is 38.2. The molecule has 2 fully saturated rings. The van der Waals surface area contributed by atoms with Gasteiger partial charge in [0.1, 0.15) is 0 Å². The molecule has 0 aromatic carbocycles. The molecule has 0 amide bonds. The van der Waals surface area contributed by atoms with Gasteiger partial charge in [0.25, 0.3) is 0 Å². The topological polar surface area (TPSA) is 12.0 Å². The molecular weight excluding hydrogens is 182 g/mol. The van der Waals surface area contributed by atoms with Crippen molar-refractivity contribution in [1.82, 2.24) is 5.32 Å². The SMILES string of the molecule is CCCC(C)C(NC)C1C2CCCCC21. The second-order valence-electron chi connectivity index (χ2n) is 5.77. The summed E-state index contributed by atoms with van der Waals surface area (Å²) in [6, 6.07) is 0.804. The third kappa shape index (κ3) is 2.22. The molecule has 1 N–H and O–H groups in total. The van der Waals surface area contributed by atoms with Gasteiger partial charge in [-0.25, -0.2) is 0 Å². The van der Waals surface area contributed by atoms with Crippen LogP contribution in [0.5, 0.6) is 0 Å². The first-order valence-electron chi connectivity index (χ1n) is 6.96. The van der Waals surface area contributed by atoms with Crippen LogP contribution in [-0.4, -0.2) is 13.1 Å². The van der Waals surface area contributed by atoms with Crippen LogP contribution >= 0.6 is 0 Å². The van der Waals surface area contributed by atoms with E-state index in [4.69, 9.17) is 0 Å². The van der Waals surface area contributed by atoms with E-state index in [1.165, 1.54) is 38.5 Å². The lowest BCUT2D eigenvalue weighted by atomic mass is 9.91. The highest BCUT2D eigenvalue weighted by Gasteiger charge is 2.54.